The first-order valence-corrected chi connectivity index (χ1v) is 26.2. The molecule has 0 saturated carbocycles. The van der Waals surface area contributed by atoms with Gasteiger partial charge in [-0.3, -0.25) is 14.4 Å². The first kappa shape index (κ1) is 63.3. The minimum Gasteiger partial charge on any atom is -0.482 e. The number of unbranched alkanes of at least 4 members (excludes halogenated alkanes) is 1. The monoisotopic (exact) mass is 1060 g/mol. The molecule has 2 saturated heterocycles. The normalized spacial score (nSPS) is 15.9. The highest BCUT2D eigenvalue weighted by molar-refractivity contribution is 8.00. The molecule has 0 aliphatic carbocycles. The Hall–Kier alpha value is -3.96. The maximum Gasteiger partial charge on any atom is 0.341 e. The Morgan fingerprint density at radius 1 is 0.534 bits per heavy atom. The summed E-state index contributed by atoms with van der Waals surface area (Å²) in [6.45, 7) is 10.9. The second kappa shape index (κ2) is 44.3. The van der Waals surface area contributed by atoms with Gasteiger partial charge in [-0.15, -0.1) is 0 Å². The summed E-state index contributed by atoms with van der Waals surface area (Å²) in [6, 6.07) is 6.55. The van der Waals surface area contributed by atoms with Crippen molar-refractivity contribution in [3.05, 3.63) is 29.8 Å². The standard InChI is InChI=1S/C48H81N5O19S/c54-43(7-2-1-6-42-46-41(38-73-42)52-48(59)53-46)50-11-13-61-15-17-63-19-21-65-23-25-67-27-29-69-31-33-71-35-34-70-32-30-68-28-26-66-24-22-64-20-18-62-16-14-60-12-8-44(55)49-9-10-51-47(58)39-4-3-5-40(36-39)72-37-45(56)57/h3-5,36,41-42,46H,1-2,6-35,37-38H2,(H,49,55)(H,50,54)(H,51,58)(H,56,57)(H2,52,53,59)/t41-,42-,46-/m0/s1. The van der Waals surface area contributed by atoms with Crippen molar-refractivity contribution in [1.82, 2.24) is 26.6 Å². The van der Waals surface area contributed by atoms with E-state index in [-0.39, 0.29) is 67.7 Å². The predicted molar refractivity (Wildman–Crippen MR) is 266 cm³/mol. The zero-order valence-electron chi connectivity index (χ0n) is 42.3. The van der Waals surface area contributed by atoms with Gasteiger partial charge in [0.05, 0.1) is 171 Å². The number of benzene rings is 1. The molecule has 2 aliphatic heterocycles. The number of thioether (sulfide) groups is 1. The second-order valence-corrected chi connectivity index (χ2v) is 17.4. The highest BCUT2D eigenvalue weighted by Gasteiger charge is 2.42. The Bertz CT molecular complexity index is 1610. The highest BCUT2D eigenvalue weighted by atomic mass is 32.2. The number of ether oxygens (including phenoxy) is 13. The summed E-state index contributed by atoms with van der Waals surface area (Å²) in [7, 11) is 0. The molecule has 0 spiro atoms. The topological polar surface area (TPSA) is 286 Å². The number of hydrogen-bond acceptors (Lipinski definition) is 19. The zero-order chi connectivity index (χ0) is 52.1. The Balaban J connectivity index is 0.893. The van der Waals surface area contributed by atoms with Gasteiger partial charge in [-0.05, 0) is 31.0 Å². The van der Waals surface area contributed by atoms with E-state index >= 15 is 0 Å². The number of nitrogens with one attached hydrogen (secondary N) is 5. The van der Waals surface area contributed by atoms with Gasteiger partial charge in [-0.2, -0.15) is 11.8 Å². The van der Waals surface area contributed by atoms with Crippen molar-refractivity contribution in [3.8, 4) is 5.75 Å². The number of rotatable bonds is 51. The molecule has 0 unspecified atom stereocenters. The molecule has 3 rings (SSSR count). The molecular formula is C48H81N5O19S. The van der Waals surface area contributed by atoms with Crippen LogP contribution in [0.15, 0.2) is 24.3 Å². The molecule has 2 aliphatic rings. The van der Waals surface area contributed by atoms with Crippen molar-refractivity contribution in [2.75, 3.05) is 191 Å². The molecule has 1 aromatic rings. The molecule has 5 amide bonds. The minimum atomic E-state index is -1.12. The van der Waals surface area contributed by atoms with Gasteiger partial charge in [0.15, 0.2) is 6.61 Å². The maximum absolute atomic E-state index is 12.3. The fraction of sp³-hybridized carbons (Fsp3) is 0.771. The number of carbonyl (C=O) groups is 5. The summed E-state index contributed by atoms with van der Waals surface area (Å²) >= 11 is 1.89. The average molecular weight is 1060 g/mol. The van der Waals surface area contributed by atoms with Gasteiger partial charge in [-0.1, -0.05) is 12.5 Å². The number of fused-ring (bicyclic) bond motifs is 1. The van der Waals surface area contributed by atoms with Crippen LogP contribution >= 0.6 is 11.8 Å². The second-order valence-electron chi connectivity index (χ2n) is 16.1. The first-order chi connectivity index (χ1) is 35.8. The molecule has 73 heavy (non-hydrogen) atoms. The van der Waals surface area contributed by atoms with E-state index in [0.717, 1.165) is 25.0 Å². The van der Waals surface area contributed by atoms with Crippen LogP contribution in [0.25, 0.3) is 0 Å². The van der Waals surface area contributed by atoms with Crippen molar-refractivity contribution in [3.63, 3.8) is 0 Å². The van der Waals surface area contributed by atoms with Crippen molar-refractivity contribution in [1.29, 1.82) is 0 Å². The number of aliphatic carboxylic acids is 1. The zero-order valence-corrected chi connectivity index (χ0v) is 43.1. The number of carbonyl (C=O) groups excluding carboxylic acids is 4. The van der Waals surface area contributed by atoms with E-state index in [2.05, 4.69) is 26.6 Å². The summed E-state index contributed by atoms with van der Waals surface area (Å²) in [5.74, 6) is -0.440. The Kier molecular flexibility index (Phi) is 38.5. The fourth-order valence-electron chi connectivity index (χ4n) is 6.75. The van der Waals surface area contributed by atoms with E-state index in [1.807, 2.05) is 11.8 Å². The van der Waals surface area contributed by atoms with Crippen LogP contribution in [-0.2, 0) is 71.2 Å². The number of amides is 5. The van der Waals surface area contributed by atoms with Gasteiger partial charge >= 0.3 is 12.0 Å². The molecule has 24 nitrogen and oxygen atoms in total. The summed E-state index contributed by atoms with van der Waals surface area (Å²) in [5, 5.41) is 23.4. The predicted octanol–water partition coefficient (Wildman–Crippen LogP) is 0.427. The summed E-state index contributed by atoms with van der Waals surface area (Å²) < 4.78 is 71.0. The summed E-state index contributed by atoms with van der Waals surface area (Å²) in [6.07, 6.45) is 3.46. The Labute approximate surface area is 433 Å². The molecule has 0 bridgehead atoms. The van der Waals surface area contributed by atoms with Crippen molar-refractivity contribution >= 4 is 41.5 Å². The number of urea groups is 1. The molecule has 25 heteroatoms. The average Bonchev–Trinajstić information content (AvgIpc) is 3.95. The van der Waals surface area contributed by atoms with E-state index in [4.69, 9.17) is 66.7 Å². The van der Waals surface area contributed by atoms with Gasteiger partial charge in [0.25, 0.3) is 5.91 Å². The first-order valence-electron chi connectivity index (χ1n) is 25.2. The lowest BCUT2D eigenvalue weighted by molar-refractivity contribution is -0.139. The largest absolute Gasteiger partial charge is 0.482 e. The van der Waals surface area contributed by atoms with Gasteiger partial charge in [0.1, 0.15) is 5.75 Å². The molecule has 418 valence electrons. The smallest absolute Gasteiger partial charge is 0.341 e. The molecule has 3 atom stereocenters. The van der Waals surface area contributed by atoms with Gasteiger partial charge in [0.2, 0.25) is 11.8 Å². The maximum atomic E-state index is 12.3. The van der Waals surface area contributed by atoms with Crippen LogP contribution < -0.4 is 31.3 Å². The van der Waals surface area contributed by atoms with E-state index in [1.54, 1.807) is 18.2 Å². The Morgan fingerprint density at radius 3 is 1.47 bits per heavy atom. The lowest BCUT2D eigenvalue weighted by Crippen LogP contribution is -2.36. The van der Waals surface area contributed by atoms with Crippen molar-refractivity contribution in [2.24, 2.45) is 0 Å². The van der Waals surface area contributed by atoms with E-state index in [1.165, 1.54) is 6.07 Å². The molecule has 1 aromatic carbocycles. The van der Waals surface area contributed by atoms with Gasteiger partial charge in [0, 0.05) is 49.0 Å². The van der Waals surface area contributed by atoms with Crippen molar-refractivity contribution in [2.45, 2.75) is 49.4 Å². The SMILES string of the molecule is O=C(O)COc1cccc(C(=O)NCCNC(=O)CCOCCOCCOCCOCCOCCOCCOCCOCCOCCOCCOCCOCCNC(=O)CCCC[C@@H]2SC[C@@H]3NC(=O)N[C@@H]32)c1. The molecule has 2 fully saturated rings. The number of carboxylic acids is 1. The molecular weight excluding hydrogens is 983 g/mol. The van der Waals surface area contributed by atoms with Crippen LogP contribution in [0.3, 0.4) is 0 Å². The van der Waals surface area contributed by atoms with Crippen LogP contribution in [0.5, 0.6) is 5.75 Å². The van der Waals surface area contributed by atoms with Crippen LogP contribution in [0, 0.1) is 0 Å². The molecule has 2 heterocycles. The minimum absolute atomic E-state index is 0.0330. The third-order valence-electron chi connectivity index (χ3n) is 10.4. The molecule has 6 N–H and O–H groups in total. The van der Waals surface area contributed by atoms with Crippen molar-refractivity contribution < 1.29 is 90.7 Å². The molecule has 0 aromatic heterocycles. The quantitative estimate of drug-likeness (QED) is 0.0381. The summed E-state index contributed by atoms with van der Waals surface area (Å²) in [5.41, 5.74) is 0.314. The van der Waals surface area contributed by atoms with Gasteiger partial charge in [-0.25, -0.2) is 9.59 Å². The lowest BCUT2D eigenvalue weighted by Gasteiger charge is -2.16. The Morgan fingerprint density at radius 2 is 0.973 bits per heavy atom. The van der Waals surface area contributed by atoms with Crippen LogP contribution in [0.4, 0.5) is 4.79 Å². The summed E-state index contributed by atoms with van der Waals surface area (Å²) in [4.78, 5) is 58.5. The van der Waals surface area contributed by atoms with E-state index in [9.17, 15) is 24.0 Å². The number of hydrogen-bond donors (Lipinski definition) is 6. The third kappa shape index (κ3) is 35.0. The molecule has 0 radical (unpaired) electrons. The van der Waals surface area contributed by atoms with Crippen LogP contribution in [0.1, 0.15) is 42.5 Å². The van der Waals surface area contributed by atoms with E-state index < -0.39 is 12.6 Å². The number of carboxylic acid groups (broad SMARTS) is 1. The highest BCUT2D eigenvalue weighted by Crippen LogP contribution is 2.33. The third-order valence-corrected chi connectivity index (χ3v) is 11.9. The van der Waals surface area contributed by atoms with Gasteiger partial charge < -0.3 is 93.3 Å². The fourth-order valence-corrected chi connectivity index (χ4v) is 8.30. The lowest BCUT2D eigenvalue weighted by atomic mass is 10.0. The van der Waals surface area contributed by atoms with Crippen LogP contribution in [-0.4, -0.2) is 243 Å². The van der Waals surface area contributed by atoms with Crippen LogP contribution in [0.2, 0.25) is 0 Å². The van der Waals surface area contributed by atoms with E-state index in [0.29, 0.717) is 176 Å².